The fourth-order valence-corrected chi connectivity index (χ4v) is 4.89. The molecule has 28 heavy (non-hydrogen) atoms. The molecule has 0 bridgehead atoms. The summed E-state index contributed by atoms with van der Waals surface area (Å²) in [6.07, 6.45) is 1.67. The lowest BCUT2D eigenvalue weighted by molar-refractivity contribution is 0.0730. The van der Waals surface area contributed by atoms with Gasteiger partial charge in [-0.3, -0.25) is 4.79 Å². The minimum Gasteiger partial charge on any atom is -0.379 e. The maximum absolute atomic E-state index is 12.8. The van der Waals surface area contributed by atoms with Crippen molar-refractivity contribution in [2.24, 2.45) is 5.10 Å². The number of fused-ring (bicyclic) bond motifs is 1. The first-order chi connectivity index (χ1) is 13.6. The van der Waals surface area contributed by atoms with E-state index < -0.39 is 15.9 Å². The monoisotopic (exact) mass is 399 g/mol. The smallest absolute Gasteiger partial charge is 0.271 e. The summed E-state index contributed by atoms with van der Waals surface area (Å²) in [4.78, 5) is 12.6. The molecule has 2 aromatic rings. The summed E-state index contributed by atoms with van der Waals surface area (Å²) in [6.45, 7) is 1.37. The second kappa shape index (κ2) is 7.83. The van der Waals surface area contributed by atoms with E-state index in [-0.39, 0.29) is 10.5 Å². The number of amides is 1. The Balaban J connectivity index is 1.52. The zero-order valence-electron chi connectivity index (χ0n) is 15.3. The molecule has 0 saturated carbocycles. The van der Waals surface area contributed by atoms with Gasteiger partial charge in [-0.25, -0.2) is 13.8 Å². The zero-order valence-corrected chi connectivity index (χ0v) is 16.1. The molecule has 0 spiro atoms. The molecule has 8 heteroatoms. The van der Waals surface area contributed by atoms with Crippen LogP contribution in [0, 0.1) is 0 Å². The van der Waals surface area contributed by atoms with Gasteiger partial charge in [-0.15, -0.1) is 0 Å². The van der Waals surface area contributed by atoms with Gasteiger partial charge in [0.15, 0.2) is 0 Å². The second-order valence-electron chi connectivity index (χ2n) is 6.70. The van der Waals surface area contributed by atoms with Crippen LogP contribution in [0.3, 0.4) is 0 Å². The Kier molecular flexibility index (Phi) is 5.25. The third-order valence-corrected chi connectivity index (χ3v) is 6.85. The summed E-state index contributed by atoms with van der Waals surface area (Å²) in [5.41, 5.74) is 5.91. The number of sulfonamides is 1. The van der Waals surface area contributed by atoms with Crippen molar-refractivity contribution in [2.75, 3.05) is 26.3 Å². The first-order valence-electron chi connectivity index (χ1n) is 9.19. The van der Waals surface area contributed by atoms with Crippen molar-refractivity contribution in [1.82, 2.24) is 9.73 Å². The number of carbonyl (C=O) groups is 1. The largest absolute Gasteiger partial charge is 0.379 e. The van der Waals surface area contributed by atoms with Crippen molar-refractivity contribution >= 4 is 21.6 Å². The van der Waals surface area contributed by atoms with Gasteiger partial charge in [-0.05, 0) is 36.6 Å². The molecular formula is C20H21N3O4S. The molecule has 1 amide bonds. The number of morpholine rings is 1. The van der Waals surface area contributed by atoms with E-state index in [2.05, 4.69) is 16.6 Å². The van der Waals surface area contributed by atoms with Crippen LogP contribution in [0.5, 0.6) is 0 Å². The standard InChI is InChI=1S/C20H21N3O4S/c24-20(22-21-19-9-8-15-4-1-2-7-18(15)19)16-5-3-6-17(14-16)28(25,26)23-10-12-27-13-11-23/h1-7,14H,8-13H2,(H,22,24)/b21-19+. The third kappa shape index (κ3) is 3.71. The first-order valence-corrected chi connectivity index (χ1v) is 10.6. The second-order valence-corrected chi connectivity index (χ2v) is 8.64. The summed E-state index contributed by atoms with van der Waals surface area (Å²) in [7, 11) is -3.65. The van der Waals surface area contributed by atoms with Crippen molar-refractivity contribution < 1.29 is 17.9 Å². The fourth-order valence-electron chi connectivity index (χ4n) is 3.44. The first kappa shape index (κ1) is 18.8. The van der Waals surface area contributed by atoms with Crippen LogP contribution in [0.25, 0.3) is 0 Å². The quantitative estimate of drug-likeness (QED) is 0.794. The van der Waals surface area contributed by atoms with Crippen LogP contribution in [-0.2, 0) is 21.2 Å². The van der Waals surface area contributed by atoms with E-state index in [1.807, 2.05) is 18.2 Å². The van der Waals surface area contributed by atoms with Crippen LogP contribution in [-0.4, -0.2) is 50.6 Å². The van der Waals surface area contributed by atoms with Gasteiger partial charge < -0.3 is 4.74 Å². The van der Waals surface area contributed by atoms with Crippen LogP contribution >= 0.6 is 0 Å². The Hall–Kier alpha value is -2.55. The molecule has 7 nitrogen and oxygen atoms in total. The van der Waals surface area contributed by atoms with Crippen LogP contribution < -0.4 is 5.43 Å². The minimum atomic E-state index is -3.65. The van der Waals surface area contributed by atoms with Gasteiger partial charge in [0.05, 0.1) is 23.8 Å². The number of carbonyl (C=O) groups excluding carboxylic acids is 1. The van der Waals surface area contributed by atoms with Gasteiger partial charge in [0.2, 0.25) is 10.0 Å². The molecule has 146 valence electrons. The molecule has 2 aliphatic rings. The lowest BCUT2D eigenvalue weighted by atomic mass is 10.1. The van der Waals surface area contributed by atoms with Gasteiger partial charge in [0.1, 0.15) is 0 Å². The number of nitrogens with one attached hydrogen (secondary N) is 1. The summed E-state index contributed by atoms with van der Waals surface area (Å²) in [5, 5.41) is 4.26. The number of rotatable bonds is 4. The van der Waals surface area contributed by atoms with Crippen molar-refractivity contribution in [3.63, 3.8) is 0 Å². The van der Waals surface area contributed by atoms with E-state index in [1.54, 1.807) is 12.1 Å². The highest BCUT2D eigenvalue weighted by molar-refractivity contribution is 7.89. The Morgan fingerprint density at radius 1 is 1.04 bits per heavy atom. The average Bonchev–Trinajstić information content (AvgIpc) is 3.16. The van der Waals surface area contributed by atoms with Gasteiger partial charge >= 0.3 is 0 Å². The van der Waals surface area contributed by atoms with Crippen molar-refractivity contribution in [1.29, 1.82) is 0 Å². The number of hydrogen-bond acceptors (Lipinski definition) is 5. The van der Waals surface area contributed by atoms with Crippen molar-refractivity contribution in [2.45, 2.75) is 17.7 Å². The average molecular weight is 399 g/mol. The Morgan fingerprint density at radius 3 is 2.64 bits per heavy atom. The van der Waals surface area contributed by atoms with E-state index in [4.69, 9.17) is 4.74 Å². The van der Waals surface area contributed by atoms with E-state index in [1.165, 1.54) is 22.0 Å². The Labute approximate surface area is 164 Å². The normalized spacial score (nSPS) is 18.8. The molecule has 0 aromatic heterocycles. The van der Waals surface area contributed by atoms with Gasteiger partial charge in [0, 0.05) is 24.2 Å². The number of hydrazone groups is 1. The lowest BCUT2D eigenvalue weighted by Crippen LogP contribution is -2.40. The fraction of sp³-hybridized carbons (Fsp3) is 0.300. The Morgan fingerprint density at radius 2 is 1.82 bits per heavy atom. The van der Waals surface area contributed by atoms with Crippen LogP contribution in [0.2, 0.25) is 0 Å². The molecule has 1 saturated heterocycles. The topological polar surface area (TPSA) is 88.1 Å². The molecule has 4 rings (SSSR count). The predicted octanol–water partition coefficient (Wildman–Crippen LogP) is 1.79. The molecule has 1 aliphatic heterocycles. The number of ether oxygens (including phenoxy) is 1. The van der Waals surface area contributed by atoms with Crippen molar-refractivity contribution in [3.05, 3.63) is 65.2 Å². The summed E-state index contributed by atoms with van der Waals surface area (Å²) >= 11 is 0. The summed E-state index contributed by atoms with van der Waals surface area (Å²) in [5.74, 6) is -0.434. The van der Waals surface area contributed by atoms with Crippen LogP contribution in [0.4, 0.5) is 0 Å². The highest BCUT2D eigenvalue weighted by Crippen LogP contribution is 2.22. The van der Waals surface area contributed by atoms with Gasteiger partial charge in [0.25, 0.3) is 5.91 Å². The highest BCUT2D eigenvalue weighted by Gasteiger charge is 2.27. The highest BCUT2D eigenvalue weighted by atomic mass is 32.2. The van der Waals surface area contributed by atoms with Crippen LogP contribution in [0.1, 0.15) is 27.9 Å². The number of benzene rings is 2. The van der Waals surface area contributed by atoms with E-state index in [9.17, 15) is 13.2 Å². The molecule has 2 aromatic carbocycles. The molecule has 1 fully saturated rings. The maximum Gasteiger partial charge on any atom is 0.271 e. The zero-order chi connectivity index (χ0) is 19.6. The predicted molar refractivity (Wildman–Crippen MR) is 105 cm³/mol. The minimum absolute atomic E-state index is 0.0981. The molecule has 0 unspecified atom stereocenters. The summed E-state index contributed by atoms with van der Waals surface area (Å²) < 4.78 is 32.1. The number of hydrogen-bond donors (Lipinski definition) is 1. The Bertz CT molecular complexity index is 1030. The molecule has 1 aliphatic carbocycles. The van der Waals surface area contributed by atoms with Gasteiger partial charge in [-0.1, -0.05) is 30.3 Å². The molecule has 1 heterocycles. The number of aryl methyl sites for hydroxylation is 1. The lowest BCUT2D eigenvalue weighted by Gasteiger charge is -2.26. The maximum atomic E-state index is 12.8. The summed E-state index contributed by atoms with van der Waals surface area (Å²) in [6, 6.07) is 14.0. The third-order valence-electron chi connectivity index (χ3n) is 4.96. The molecule has 1 N–H and O–H groups in total. The number of nitrogens with zero attached hydrogens (tertiary/aromatic N) is 2. The van der Waals surface area contributed by atoms with Crippen LogP contribution in [0.15, 0.2) is 58.5 Å². The SMILES string of the molecule is O=C(N/N=C1\CCc2ccccc21)c1cccc(S(=O)(=O)N2CCOCC2)c1. The molecule has 0 radical (unpaired) electrons. The molecule has 0 atom stereocenters. The van der Waals surface area contributed by atoms with E-state index >= 15 is 0 Å². The van der Waals surface area contributed by atoms with Crippen molar-refractivity contribution in [3.8, 4) is 0 Å². The van der Waals surface area contributed by atoms with Gasteiger partial charge in [-0.2, -0.15) is 9.41 Å². The van der Waals surface area contributed by atoms with E-state index in [0.717, 1.165) is 24.1 Å². The van der Waals surface area contributed by atoms with E-state index in [0.29, 0.717) is 26.3 Å². The molecular weight excluding hydrogens is 378 g/mol.